The van der Waals surface area contributed by atoms with Gasteiger partial charge in [0.25, 0.3) is 0 Å². The highest BCUT2D eigenvalue weighted by Crippen LogP contribution is 2.30. The van der Waals surface area contributed by atoms with E-state index in [1.165, 1.54) is 32.2 Å². The topological polar surface area (TPSA) is 32.8 Å². The van der Waals surface area contributed by atoms with Crippen LogP contribution in [0, 0.1) is 0 Å². The Labute approximate surface area is 117 Å². The van der Waals surface area contributed by atoms with Crippen molar-refractivity contribution in [1.82, 2.24) is 9.80 Å². The Morgan fingerprint density at radius 3 is 2.68 bits per heavy atom. The molecule has 2 saturated heterocycles. The van der Waals surface area contributed by atoms with Crippen molar-refractivity contribution in [3.05, 3.63) is 0 Å². The zero-order chi connectivity index (χ0) is 13.7. The molecule has 0 spiro atoms. The zero-order valence-corrected chi connectivity index (χ0v) is 12.4. The van der Waals surface area contributed by atoms with Crippen molar-refractivity contribution in [2.24, 2.45) is 0 Å². The lowest BCUT2D eigenvalue weighted by Gasteiger charge is -2.34. The maximum atomic E-state index is 12.3. The summed E-state index contributed by atoms with van der Waals surface area (Å²) in [6.07, 6.45) is 6.41. The summed E-state index contributed by atoms with van der Waals surface area (Å²) < 4.78 is 5.04. The number of hydrogen-bond donors (Lipinski definition) is 0. The van der Waals surface area contributed by atoms with Crippen molar-refractivity contribution >= 4 is 5.91 Å². The van der Waals surface area contributed by atoms with Crippen LogP contribution in [0.4, 0.5) is 0 Å². The number of carbonyl (C=O) groups is 1. The number of amides is 1. The average molecular weight is 268 g/mol. The monoisotopic (exact) mass is 268 g/mol. The highest BCUT2D eigenvalue weighted by atomic mass is 16.5. The predicted molar refractivity (Wildman–Crippen MR) is 76.1 cm³/mol. The summed E-state index contributed by atoms with van der Waals surface area (Å²) in [7, 11) is 1.70. The minimum absolute atomic E-state index is 0.336. The quantitative estimate of drug-likeness (QED) is 0.690. The molecule has 2 heterocycles. The maximum absolute atomic E-state index is 12.3. The van der Waals surface area contributed by atoms with E-state index in [0.29, 0.717) is 31.0 Å². The second kappa shape index (κ2) is 7.25. The van der Waals surface area contributed by atoms with Crippen LogP contribution < -0.4 is 0 Å². The van der Waals surface area contributed by atoms with Gasteiger partial charge in [-0.25, -0.2) is 0 Å². The van der Waals surface area contributed by atoms with Gasteiger partial charge < -0.3 is 9.64 Å². The van der Waals surface area contributed by atoms with E-state index in [1.54, 1.807) is 7.11 Å². The fourth-order valence-corrected chi connectivity index (χ4v) is 3.69. The molecule has 4 heteroatoms. The summed E-state index contributed by atoms with van der Waals surface area (Å²) in [5.74, 6) is 0.336. The van der Waals surface area contributed by atoms with Crippen LogP contribution in [0.1, 0.15) is 45.4 Å². The van der Waals surface area contributed by atoms with Gasteiger partial charge in [-0.2, -0.15) is 0 Å². The number of hydrogen-bond acceptors (Lipinski definition) is 3. The minimum atomic E-state index is 0.336. The lowest BCUT2D eigenvalue weighted by molar-refractivity contribution is -0.133. The molecule has 110 valence electrons. The molecule has 0 bridgehead atoms. The number of nitrogens with zero attached hydrogens (tertiary/aromatic N) is 2. The molecule has 2 aliphatic rings. The Balaban J connectivity index is 1.90. The van der Waals surface area contributed by atoms with Crippen molar-refractivity contribution in [1.29, 1.82) is 0 Å². The van der Waals surface area contributed by atoms with E-state index in [2.05, 4.69) is 16.7 Å². The molecular formula is C15H28N2O2. The summed E-state index contributed by atoms with van der Waals surface area (Å²) in [5, 5.41) is 0. The highest BCUT2D eigenvalue weighted by Gasteiger charge is 2.38. The maximum Gasteiger partial charge on any atom is 0.222 e. The molecule has 19 heavy (non-hydrogen) atoms. The van der Waals surface area contributed by atoms with E-state index >= 15 is 0 Å². The number of likely N-dealkylation sites (N-methyl/N-ethyl adjacent to an activating group) is 1. The molecule has 2 aliphatic heterocycles. The first kappa shape index (κ1) is 14.8. The summed E-state index contributed by atoms with van der Waals surface area (Å²) in [6, 6.07) is 1.08. The lowest BCUT2D eigenvalue weighted by Crippen LogP contribution is -2.48. The number of ether oxygens (including phenoxy) is 1. The minimum Gasteiger partial charge on any atom is -0.385 e. The third-order valence-corrected chi connectivity index (χ3v) is 4.62. The normalized spacial score (nSPS) is 28.2. The number of likely N-dealkylation sites (tertiary alicyclic amines) is 2. The van der Waals surface area contributed by atoms with Gasteiger partial charge in [0.1, 0.15) is 0 Å². The van der Waals surface area contributed by atoms with Crippen molar-refractivity contribution in [3.8, 4) is 0 Å². The van der Waals surface area contributed by atoms with Crippen LogP contribution in [0.25, 0.3) is 0 Å². The largest absolute Gasteiger partial charge is 0.385 e. The molecule has 2 rings (SSSR count). The summed E-state index contributed by atoms with van der Waals surface area (Å²) in [6.45, 7) is 6.22. The Morgan fingerprint density at radius 2 is 1.95 bits per heavy atom. The Morgan fingerprint density at radius 1 is 1.21 bits per heavy atom. The fourth-order valence-electron chi connectivity index (χ4n) is 3.69. The van der Waals surface area contributed by atoms with Gasteiger partial charge in [-0.15, -0.1) is 0 Å². The summed E-state index contributed by atoms with van der Waals surface area (Å²) in [4.78, 5) is 17.1. The molecule has 2 atom stereocenters. The van der Waals surface area contributed by atoms with E-state index < -0.39 is 0 Å². The van der Waals surface area contributed by atoms with E-state index in [0.717, 1.165) is 19.5 Å². The highest BCUT2D eigenvalue weighted by molar-refractivity contribution is 5.76. The lowest BCUT2D eigenvalue weighted by atomic mass is 10.0. The molecule has 0 saturated carbocycles. The number of rotatable bonds is 6. The second-order valence-electron chi connectivity index (χ2n) is 5.73. The van der Waals surface area contributed by atoms with Gasteiger partial charge >= 0.3 is 0 Å². The van der Waals surface area contributed by atoms with Gasteiger partial charge in [0.05, 0.1) is 0 Å². The molecule has 0 aromatic rings. The van der Waals surface area contributed by atoms with Crippen molar-refractivity contribution < 1.29 is 9.53 Å². The first-order valence-electron chi connectivity index (χ1n) is 7.80. The first-order chi connectivity index (χ1) is 9.27. The van der Waals surface area contributed by atoms with Gasteiger partial charge in [0.15, 0.2) is 0 Å². The SMILES string of the molecule is CCN1CCC[C@H]1[C@H]1CCCN1C(=O)CCCOC. The molecule has 0 N–H and O–H groups in total. The van der Waals surface area contributed by atoms with E-state index in [4.69, 9.17) is 4.74 Å². The number of methoxy groups -OCH3 is 1. The molecule has 4 nitrogen and oxygen atoms in total. The fraction of sp³-hybridized carbons (Fsp3) is 0.933. The predicted octanol–water partition coefficient (Wildman–Crippen LogP) is 1.89. The molecule has 0 aliphatic carbocycles. The van der Waals surface area contributed by atoms with Crippen LogP contribution in [0.2, 0.25) is 0 Å². The molecule has 0 aromatic carbocycles. The average Bonchev–Trinajstić information content (AvgIpc) is 3.06. The van der Waals surface area contributed by atoms with Crippen LogP contribution >= 0.6 is 0 Å². The molecule has 0 radical (unpaired) electrons. The van der Waals surface area contributed by atoms with Gasteiger partial charge in [-0.1, -0.05) is 6.92 Å². The summed E-state index contributed by atoms with van der Waals surface area (Å²) in [5.41, 5.74) is 0. The van der Waals surface area contributed by atoms with Crippen LogP contribution in [0.5, 0.6) is 0 Å². The van der Waals surface area contributed by atoms with Gasteiger partial charge in [0.2, 0.25) is 5.91 Å². The third kappa shape index (κ3) is 3.48. The summed E-state index contributed by atoms with van der Waals surface area (Å²) >= 11 is 0. The number of carbonyl (C=O) groups excluding carboxylic acids is 1. The molecule has 2 fully saturated rings. The van der Waals surface area contributed by atoms with Crippen LogP contribution in [-0.2, 0) is 9.53 Å². The standard InChI is InChI=1S/C15H28N2O2/c1-3-16-10-4-7-13(16)14-8-5-11-17(14)15(18)9-6-12-19-2/h13-14H,3-12H2,1-2H3/t13-,14+/m0/s1. The molecule has 0 unspecified atom stereocenters. The first-order valence-corrected chi connectivity index (χ1v) is 7.80. The van der Waals surface area contributed by atoms with Crippen LogP contribution in [0.15, 0.2) is 0 Å². The van der Waals surface area contributed by atoms with E-state index in [1.807, 2.05) is 0 Å². The van der Waals surface area contributed by atoms with E-state index in [-0.39, 0.29) is 0 Å². The third-order valence-electron chi connectivity index (χ3n) is 4.62. The molecular weight excluding hydrogens is 240 g/mol. The Bertz CT molecular complexity index is 296. The zero-order valence-electron chi connectivity index (χ0n) is 12.4. The Kier molecular flexibility index (Phi) is 5.64. The van der Waals surface area contributed by atoms with Crippen LogP contribution in [-0.4, -0.2) is 61.1 Å². The van der Waals surface area contributed by atoms with Gasteiger partial charge in [-0.3, -0.25) is 9.69 Å². The van der Waals surface area contributed by atoms with Crippen LogP contribution in [0.3, 0.4) is 0 Å². The van der Waals surface area contributed by atoms with Gasteiger partial charge in [-0.05, 0) is 45.2 Å². The van der Waals surface area contributed by atoms with Crippen molar-refractivity contribution in [2.75, 3.05) is 33.4 Å². The van der Waals surface area contributed by atoms with Gasteiger partial charge in [0, 0.05) is 38.8 Å². The second-order valence-corrected chi connectivity index (χ2v) is 5.73. The van der Waals surface area contributed by atoms with Crippen molar-refractivity contribution in [2.45, 2.75) is 57.5 Å². The van der Waals surface area contributed by atoms with Crippen molar-refractivity contribution in [3.63, 3.8) is 0 Å². The smallest absolute Gasteiger partial charge is 0.222 e. The molecule has 1 amide bonds. The Hall–Kier alpha value is -0.610. The van der Waals surface area contributed by atoms with E-state index in [9.17, 15) is 4.79 Å². The molecule has 0 aromatic heterocycles.